The Morgan fingerprint density at radius 1 is 0.944 bits per heavy atom. The molecule has 0 unspecified atom stereocenters. The van der Waals surface area contributed by atoms with Gasteiger partial charge in [0.1, 0.15) is 35.6 Å². The fraction of sp³-hybridized carbons (Fsp3) is 0.440. The lowest BCUT2D eigenvalue weighted by molar-refractivity contribution is -0.146. The van der Waals surface area contributed by atoms with Crippen molar-refractivity contribution in [3.05, 3.63) is 99.4 Å². The Balaban J connectivity index is 0.728. The first kappa shape index (κ1) is 52.7. The van der Waals surface area contributed by atoms with Gasteiger partial charge in [-0.3, -0.25) is 24.0 Å². The maximum atomic E-state index is 14.0. The van der Waals surface area contributed by atoms with Crippen molar-refractivity contribution in [2.45, 2.75) is 65.8 Å². The molecule has 1 aliphatic rings. The quantitative estimate of drug-likeness (QED) is 0.0367. The average molecular weight is 1010 g/mol. The summed E-state index contributed by atoms with van der Waals surface area (Å²) >= 11 is 7.78. The summed E-state index contributed by atoms with van der Waals surface area (Å²) < 4.78 is 24.1. The Morgan fingerprint density at radius 2 is 1.66 bits per heavy atom. The number of anilines is 2. The Kier molecular flexibility index (Phi) is 18.4. The Hall–Kier alpha value is -6.13. The van der Waals surface area contributed by atoms with Gasteiger partial charge < -0.3 is 54.5 Å². The van der Waals surface area contributed by atoms with Gasteiger partial charge in [-0.25, -0.2) is 15.0 Å². The van der Waals surface area contributed by atoms with Gasteiger partial charge in [0.2, 0.25) is 17.7 Å². The number of pyridine rings is 1. The zero-order valence-corrected chi connectivity index (χ0v) is 41.8. The third-order valence-corrected chi connectivity index (χ3v) is 13.2. The van der Waals surface area contributed by atoms with E-state index < -0.39 is 23.5 Å². The average Bonchev–Trinajstić information content (AvgIpc) is 4.08. The Bertz CT molecular complexity index is 2850. The van der Waals surface area contributed by atoms with Crippen molar-refractivity contribution >= 4 is 79.8 Å². The highest BCUT2D eigenvalue weighted by Gasteiger charge is 2.44. The second-order valence-corrected chi connectivity index (χ2v) is 19.4. The number of aryl methyl sites for hydroxylation is 1. The summed E-state index contributed by atoms with van der Waals surface area (Å²) in [6.07, 6.45) is 2.30. The fourth-order valence-corrected chi connectivity index (χ4v) is 9.28. The van der Waals surface area contributed by atoms with Crippen LogP contribution < -0.4 is 21.5 Å². The van der Waals surface area contributed by atoms with Crippen molar-refractivity contribution in [2.24, 2.45) is 11.3 Å². The Labute approximate surface area is 419 Å². The number of aliphatic hydroxyl groups excluding tert-OH is 1. The number of aromatic nitrogens is 5. The third kappa shape index (κ3) is 14.3. The van der Waals surface area contributed by atoms with Gasteiger partial charge in [-0.1, -0.05) is 62.7 Å². The number of H-pyrrole nitrogens is 1. The van der Waals surface area contributed by atoms with Crippen molar-refractivity contribution in [3.8, 4) is 10.4 Å². The van der Waals surface area contributed by atoms with Crippen LogP contribution in [-0.4, -0.2) is 136 Å². The normalized spacial score (nSPS) is 15.3. The predicted molar refractivity (Wildman–Crippen MR) is 270 cm³/mol. The molecule has 21 heteroatoms. The number of β-amino-alcohol motifs (C(OH)–C–C–N with tert-alkyl or cyclic N) is 1. The van der Waals surface area contributed by atoms with Crippen LogP contribution in [0.25, 0.3) is 32.2 Å². The van der Waals surface area contributed by atoms with E-state index >= 15 is 0 Å². The number of nitrogens with zero attached hydrogens (tertiary/aromatic N) is 5. The molecular formula is C50H60ClN9O10S. The maximum absolute atomic E-state index is 14.0. The number of amides is 3. The number of carbonyl (C=O) groups excluding carboxylic acids is 4. The number of thiazole rings is 1. The molecule has 378 valence electrons. The second-order valence-electron chi connectivity index (χ2n) is 18.2. The fourth-order valence-electron chi connectivity index (χ4n) is 8.28. The summed E-state index contributed by atoms with van der Waals surface area (Å²) in [6, 6.07) is 16.0. The van der Waals surface area contributed by atoms with Gasteiger partial charge in [-0.2, -0.15) is 0 Å². The van der Waals surface area contributed by atoms with Crippen LogP contribution in [-0.2, 0) is 51.2 Å². The van der Waals surface area contributed by atoms with Crippen molar-refractivity contribution < 1.29 is 43.2 Å². The molecule has 0 radical (unpaired) electrons. The minimum atomic E-state index is -0.858. The summed E-state index contributed by atoms with van der Waals surface area (Å²) in [4.78, 5) is 83.7. The van der Waals surface area contributed by atoms with E-state index in [0.717, 1.165) is 32.6 Å². The zero-order chi connectivity index (χ0) is 50.5. The molecule has 2 aromatic carbocycles. The number of ketones is 1. The largest absolute Gasteiger partial charge is 0.391 e. The van der Waals surface area contributed by atoms with Crippen LogP contribution in [0.5, 0.6) is 0 Å². The molecule has 5 heterocycles. The molecule has 1 aliphatic heterocycles. The first-order valence-electron chi connectivity index (χ1n) is 23.4. The minimum absolute atomic E-state index is 0.0107. The van der Waals surface area contributed by atoms with E-state index in [1.165, 1.54) is 17.3 Å². The van der Waals surface area contributed by atoms with E-state index in [1.54, 1.807) is 11.3 Å². The van der Waals surface area contributed by atoms with Crippen LogP contribution >= 0.6 is 22.9 Å². The maximum Gasteiger partial charge on any atom is 0.262 e. The monoisotopic (exact) mass is 1010 g/mol. The lowest BCUT2D eigenvalue weighted by atomic mass is 9.77. The molecule has 7 rings (SSSR count). The highest BCUT2D eigenvalue weighted by Crippen LogP contribution is 2.34. The number of ether oxygens (including phenoxy) is 4. The number of hydrogen-bond donors (Lipinski definition) is 5. The highest BCUT2D eigenvalue weighted by molar-refractivity contribution is 7.13. The summed E-state index contributed by atoms with van der Waals surface area (Å²) in [7, 11) is 0. The molecule has 0 spiro atoms. The SMILES string of the molecule is Cc1ncsc1-c1ccc(CNC(=O)[C@@H]2C[C@@H](O)CN2C(=O)[C@@H](CC(=O)COCCOCCOCCOCCNC(=O)Cn2ccc3c(Nc4nc(Cl)cc5nc[nH]c(=O)c45)cccc32)C(C)(C)C)cc1. The number of rotatable bonds is 25. The van der Waals surface area contributed by atoms with E-state index in [2.05, 4.69) is 35.9 Å². The van der Waals surface area contributed by atoms with Crippen LogP contribution in [0.15, 0.2) is 77.4 Å². The summed E-state index contributed by atoms with van der Waals surface area (Å²) in [5, 5.41) is 20.8. The summed E-state index contributed by atoms with van der Waals surface area (Å²) in [5.41, 5.74) is 5.65. The van der Waals surface area contributed by atoms with Gasteiger partial charge in [-0.05, 0) is 41.7 Å². The lowest BCUT2D eigenvalue weighted by Gasteiger charge is -2.34. The van der Waals surface area contributed by atoms with Crippen molar-refractivity contribution in [1.29, 1.82) is 0 Å². The first-order chi connectivity index (χ1) is 34.2. The first-order valence-corrected chi connectivity index (χ1v) is 24.7. The van der Waals surface area contributed by atoms with E-state index in [0.29, 0.717) is 50.8 Å². The van der Waals surface area contributed by atoms with Gasteiger partial charge in [0.05, 0.1) is 85.8 Å². The number of carbonyl (C=O) groups is 4. The standard InChI is InChI=1S/C50H60ClN9O10S/c1-31-45(71-30-56-31)33-10-8-32(9-11-33)25-53-47(64)41-23-34(61)26-60(41)49(66)37(50(2,3)4)22-35(62)28-70-21-20-69-19-18-68-17-16-67-15-13-52-43(63)27-59-14-12-36-38(6-5-7-40(36)59)57-46-44-39(24-42(51)58-46)54-29-55-48(44)65/h5-12,14,24,29-30,34,37,41,61H,13,15-23,25-28H2,1-4H3,(H,52,63)(H,53,64)(H,57,58)(H,54,55,65)/t34-,37-,41+/m1/s1. The number of aliphatic hydroxyl groups is 1. The third-order valence-electron chi connectivity index (χ3n) is 12.0. The molecule has 6 aromatic rings. The predicted octanol–water partition coefficient (Wildman–Crippen LogP) is 5.18. The molecule has 4 aromatic heterocycles. The van der Waals surface area contributed by atoms with Gasteiger partial charge >= 0.3 is 0 Å². The van der Waals surface area contributed by atoms with Gasteiger partial charge in [0, 0.05) is 61.7 Å². The van der Waals surface area contributed by atoms with Crippen LogP contribution in [0.3, 0.4) is 0 Å². The van der Waals surface area contributed by atoms with Crippen LogP contribution in [0, 0.1) is 18.3 Å². The number of Topliss-reactive ketones (excluding diaryl/α,β-unsaturated/α-hetero) is 1. The van der Waals surface area contributed by atoms with Crippen LogP contribution in [0.4, 0.5) is 11.5 Å². The number of benzene rings is 2. The molecule has 19 nitrogen and oxygen atoms in total. The number of hydrogen-bond acceptors (Lipinski definition) is 15. The summed E-state index contributed by atoms with van der Waals surface area (Å²) in [5.74, 6) is -1.61. The minimum Gasteiger partial charge on any atom is -0.391 e. The molecule has 1 saturated heterocycles. The van der Waals surface area contributed by atoms with Crippen LogP contribution in [0.1, 0.15) is 44.9 Å². The molecule has 0 aliphatic carbocycles. The highest BCUT2D eigenvalue weighted by atomic mass is 35.5. The van der Waals surface area contributed by atoms with Gasteiger partial charge in [0.25, 0.3) is 5.56 Å². The van der Waals surface area contributed by atoms with E-state index in [9.17, 15) is 29.1 Å². The van der Waals surface area contributed by atoms with E-state index in [4.69, 9.17) is 30.5 Å². The number of aromatic amines is 1. The molecule has 1 fully saturated rings. The van der Waals surface area contributed by atoms with Gasteiger partial charge in [-0.15, -0.1) is 11.3 Å². The topological polar surface area (TPSA) is 241 Å². The number of fused-ring (bicyclic) bond motifs is 2. The summed E-state index contributed by atoms with van der Waals surface area (Å²) in [6.45, 7) is 10.1. The van der Waals surface area contributed by atoms with Crippen molar-refractivity contribution in [3.63, 3.8) is 0 Å². The zero-order valence-electron chi connectivity index (χ0n) is 40.2. The second kappa shape index (κ2) is 24.8. The number of nitrogens with one attached hydrogen (secondary N) is 4. The van der Waals surface area contributed by atoms with Gasteiger partial charge in [0.15, 0.2) is 5.78 Å². The molecule has 3 atom stereocenters. The molecule has 0 saturated carbocycles. The Morgan fingerprint density at radius 3 is 2.37 bits per heavy atom. The smallest absolute Gasteiger partial charge is 0.262 e. The molecule has 71 heavy (non-hydrogen) atoms. The molecule has 3 amide bonds. The molecule has 5 N–H and O–H groups in total. The van der Waals surface area contributed by atoms with Crippen LogP contribution in [0.2, 0.25) is 5.15 Å². The number of likely N-dealkylation sites (tertiary alicyclic amines) is 1. The number of halogens is 1. The molecule has 0 bridgehead atoms. The van der Waals surface area contributed by atoms with E-state index in [1.807, 2.05) is 92.5 Å². The van der Waals surface area contributed by atoms with E-state index in [-0.39, 0.29) is 97.7 Å². The lowest BCUT2D eigenvalue weighted by Crippen LogP contribution is -2.50. The molecular weight excluding hydrogens is 954 g/mol. The van der Waals surface area contributed by atoms with Crippen molar-refractivity contribution in [2.75, 3.05) is 71.3 Å². The van der Waals surface area contributed by atoms with Crippen molar-refractivity contribution in [1.82, 2.24) is 40.0 Å².